The molecule has 0 aliphatic rings. The molecule has 0 aromatic heterocycles. The van der Waals surface area contributed by atoms with E-state index in [1.165, 1.54) is 6.08 Å². The number of amides is 1. The molecule has 1 amide bonds. The van der Waals surface area contributed by atoms with E-state index in [-0.39, 0.29) is 5.57 Å². The average Bonchev–Trinajstić information content (AvgIpc) is 2.92. The Hall–Kier alpha value is -4.05. The number of hydrogen-bond acceptors (Lipinski definition) is 4. The lowest BCUT2D eigenvalue weighted by molar-refractivity contribution is -0.112. The maximum atomic E-state index is 12.9. The van der Waals surface area contributed by atoms with Crippen LogP contribution in [0.3, 0.4) is 0 Å². The normalized spacial score (nSPS) is 10.9. The summed E-state index contributed by atoms with van der Waals surface area (Å²) in [6, 6.07) is 29.9. The van der Waals surface area contributed by atoms with Gasteiger partial charge in [0.15, 0.2) is 0 Å². The quantitative estimate of drug-likeness (QED) is 0.159. The number of halogens is 2. The largest absolute Gasteiger partial charge is 0.489 e. The predicted octanol–water partition coefficient (Wildman–Crippen LogP) is 8.11. The minimum absolute atomic E-state index is 0.0805. The summed E-state index contributed by atoms with van der Waals surface area (Å²) in [5.74, 6) is 0.638. The molecular formula is C31H24BrClN2O3. The Bertz CT molecular complexity index is 1480. The molecule has 4 aromatic rings. The molecule has 0 fully saturated rings. The molecule has 1 N–H and O–H groups in total. The van der Waals surface area contributed by atoms with E-state index >= 15 is 0 Å². The van der Waals surface area contributed by atoms with Crippen molar-refractivity contribution < 1.29 is 14.3 Å². The van der Waals surface area contributed by atoms with Crippen LogP contribution < -0.4 is 14.8 Å². The monoisotopic (exact) mass is 586 g/mol. The van der Waals surface area contributed by atoms with Crippen molar-refractivity contribution in [2.75, 3.05) is 5.32 Å². The topological polar surface area (TPSA) is 71.3 Å². The van der Waals surface area contributed by atoms with Crippen molar-refractivity contribution in [2.24, 2.45) is 0 Å². The molecule has 0 spiro atoms. The van der Waals surface area contributed by atoms with E-state index in [1.54, 1.807) is 42.5 Å². The van der Waals surface area contributed by atoms with Crippen molar-refractivity contribution in [3.63, 3.8) is 0 Å². The fraction of sp³-hybridized carbons (Fsp3) is 0.0968. The molecule has 7 heteroatoms. The zero-order valence-corrected chi connectivity index (χ0v) is 22.9. The number of carbonyl (C=O) groups excluding carboxylic acids is 1. The summed E-state index contributed by atoms with van der Waals surface area (Å²) in [6.07, 6.45) is 1.47. The van der Waals surface area contributed by atoms with E-state index in [1.807, 2.05) is 61.5 Å². The molecule has 5 nitrogen and oxygen atoms in total. The molecular weight excluding hydrogens is 564 g/mol. The zero-order valence-electron chi connectivity index (χ0n) is 20.6. The van der Waals surface area contributed by atoms with Gasteiger partial charge in [-0.1, -0.05) is 69.5 Å². The van der Waals surface area contributed by atoms with Gasteiger partial charge in [-0.2, -0.15) is 5.26 Å². The van der Waals surface area contributed by atoms with Crippen LogP contribution in [0.4, 0.5) is 5.69 Å². The second kappa shape index (κ2) is 13.0. The Balaban J connectivity index is 1.41. The molecule has 0 unspecified atom stereocenters. The van der Waals surface area contributed by atoms with Crippen LogP contribution in [0, 0.1) is 18.3 Å². The third-order valence-electron chi connectivity index (χ3n) is 5.58. The Morgan fingerprint density at radius 1 is 0.921 bits per heavy atom. The molecule has 0 saturated heterocycles. The molecule has 4 aromatic carbocycles. The van der Waals surface area contributed by atoms with E-state index in [0.29, 0.717) is 41.0 Å². The molecule has 0 heterocycles. The van der Waals surface area contributed by atoms with Crippen LogP contribution in [0.25, 0.3) is 6.08 Å². The molecule has 0 aliphatic carbocycles. The third-order valence-corrected chi connectivity index (χ3v) is 6.35. The van der Waals surface area contributed by atoms with Crippen LogP contribution >= 0.6 is 27.5 Å². The fourth-order valence-corrected chi connectivity index (χ4v) is 3.94. The molecule has 0 atom stereocenters. The van der Waals surface area contributed by atoms with Gasteiger partial charge in [0.1, 0.15) is 36.4 Å². The number of rotatable bonds is 9. The van der Waals surface area contributed by atoms with Crippen LogP contribution in [0.15, 0.2) is 101 Å². The third kappa shape index (κ3) is 7.72. The summed E-state index contributed by atoms with van der Waals surface area (Å²) in [7, 11) is 0. The smallest absolute Gasteiger partial charge is 0.266 e. The van der Waals surface area contributed by atoms with Crippen LogP contribution in [-0.4, -0.2) is 5.91 Å². The first-order valence-corrected chi connectivity index (χ1v) is 12.9. The zero-order chi connectivity index (χ0) is 26.9. The van der Waals surface area contributed by atoms with Crippen LogP contribution in [-0.2, 0) is 18.0 Å². The van der Waals surface area contributed by atoms with Gasteiger partial charge in [0.2, 0.25) is 0 Å². The highest BCUT2D eigenvalue weighted by Gasteiger charge is 2.12. The van der Waals surface area contributed by atoms with Crippen LogP contribution in [0.2, 0.25) is 5.02 Å². The summed E-state index contributed by atoms with van der Waals surface area (Å²) in [6.45, 7) is 2.79. The predicted molar refractivity (Wildman–Crippen MR) is 154 cm³/mol. The molecule has 4 rings (SSSR count). The second-order valence-electron chi connectivity index (χ2n) is 8.52. The van der Waals surface area contributed by atoms with Crippen LogP contribution in [0.1, 0.15) is 22.3 Å². The standard InChI is InChI=1S/C31H24BrClN2O3/c1-21-2-4-22(5-3-21)20-38-30-15-10-27(33)17-24(30)16-25(18-34)31(36)35-28-11-13-29(14-12-28)37-19-23-6-8-26(32)9-7-23/h2-17H,19-20H2,1H3,(H,35,36)/b25-16+. The van der Waals surface area contributed by atoms with Gasteiger partial charge in [-0.25, -0.2) is 0 Å². The van der Waals surface area contributed by atoms with Crippen molar-refractivity contribution >= 4 is 45.2 Å². The number of nitrogens with one attached hydrogen (secondary N) is 1. The SMILES string of the molecule is Cc1ccc(COc2ccc(Cl)cc2/C=C(\C#N)C(=O)Nc2ccc(OCc3ccc(Br)cc3)cc2)cc1. The number of nitrogens with zero attached hydrogens (tertiary/aromatic N) is 1. The maximum Gasteiger partial charge on any atom is 0.266 e. The Kier molecular flexibility index (Phi) is 9.21. The van der Waals surface area contributed by atoms with Crippen molar-refractivity contribution in [3.8, 4) is 17.6 Å². The first kappa shape index (κ1) is 27.0. The van der Waals surface area contributed by atoms with E-state index < -0.39 is 5.91 Å². The van der Waals surface area contributed by atoms with Crippen LogP contribution in [0.5, 0.6) is 11.5 Å². The van der Waals surface area contributed by atoms with E-state index in [2.05, 4.69) is 21.2 Å². The molecule has 0 bridgehead atoms. The highest BCUT2D eigenvalue weighted by molar-refractivity contribution is 9.10. The van der Waals surface area contributed by atoms with Gasteiger partial charge in [0.05, 0.1) is 0 Å². The lowest BCUT2D eigenvalue weighted by Gasteiger charge is -2.11. The van der Waals surface area contributed by atoms with Gasteiger partial charge < -0.3 is 14.8 Å². The highest BCUT2D eigenvalue weighted by atomic mass is 79.9. The summed E-state index contributed by atoms with van der Waals surface area (Å²) in [5.41, 5.74) is 4.20. The summed E-state index contributed by atoms with van der Waals surface area (Å²) in [5, 5.41) is 12.9. The lowest BCUT2D eigenvalue weighted by atomic mass is 10.1. The molecule has 38 heavy (non-hydrogen) atoms. The number of aryl methyl sites for hydroxylation is 1. The number of ether oxygens (including phenoxy) is 2. The van der Waals surface area contributed by atoms with Crippen molar-refractivity contribution in [3.05, 3.63) is 128 Å². The van der Waals surface area contributed by atoms with E-state index in [4.69, 9.17) is 21.1 Å². The van der Waals surface area contributed by atoms with E-state index in [0.717, 1.165) is 21.2 Å². The molecule has 0 saturated carbocycles. The number of carbonyl (C=O) groups is 1. The first-order chi connectivity index (χ1) is 18.4. The maximum absolute atomic E-state index is 12.9. The van der Waals surface area contributed by atoms with Gasteiger partial charge in [-0.05, 0) is 78.7 Å². The minimum atomic E-state index is -0.541. The van der Waals surface area contributed by atoms with Gasteiger partial charge in [0.25, 0.3) is 5.91 Å². The van der Waals surface area contributed by atoms with Gasteiger partial charge in [0, 0.05) is 20.7 Å². The molecule has 190 valence electrons. The Morgan fingerprint density at radius 2 is 1.55 bits per heavy atom. The summed E-state index contributed by atoms with van der Waals surface area (Å²) in [4.78, 5) is 12.9. The van der Waals surface area contributed by atoms with Gasteiger partial charge in [-0.15, -0.1) is 0 Å². The lowest BCUT2D eigenvalue weighted by Crippen LogP contribution is -2.13. The minimum Gasteiger partial charge on any atom is -0.489 e. The second-order valence-corrected chi connectivity index (χ2v) is 9.87. The molecule has 0 radical (unpaired) electrons. The summed E-state index contributed by atoms with van der Waals surface area (Å²) < 4.78 is 12.8. The van der Waals surface area contributed by atoms with Gasteiger partial charge in [-0.3, -0.25) is 4.79 Å². The number of anilines is 1. The first-order valence-electron chi connectivity index (χ1n) is 11.8. The number of hydrogen-bond donors (Lipinski definition) is 1. The Labute approximate surface area is 235 Å². The highest BCUT2D eigenvalue weighted by Crippen LogP contribution is 2.27. The number of nitriles is 1. The summed E-state index contributed by atoms with van der Waals surface area (Å²) >= 11 is 9.61. The van der Waals surface area contributed by atoms with Gasteiger partial charge >= 0.3 is 0 Å². The average molecular weight is 588 g/mol. The number of benzene rings is 4. The van der Waals surface area contributed by atoms with Crippen molar-refractivity contribution in [1.82, 2.24) is 0 Å². The Morgan fingerprint density at radius 3 is 2.21 bits per heavy atom. The van der Waals surface area contributed by atoms with Crippen molar-refractivity contribution in [1.29, 1.82) is 5.26 Å². The van der Waals surface area contributed by atoms with E-state index in [9.17, 15) is 10.1 Å². The van der Waals surface area contributed by atoms with Crippen molar-refractivity contribution in [2.45, 2.75) is 20.1 Å². The molecule has 0 aliphatic heterocycles. The fourth-order valence-electron chi connectivity index (χ4n) is 3.49.